The number of aliphatic hydroxyl groups is 1. The van der Waals surface area contributed by atoms with Crippen LogP contribution in [0, 0.1) is 12.7 Å². The molecule has 0 radical (unpaired) electrons. The number of aryl methyl sites for hydroxylation is 1. The van der Waals surface area contributed by atoms with Gasteiger partial charge in [0.15, 0.2) is 0 Å². The zero-order valence-corrected chi connectivity index (χ0v) is 19.1. The maximum atomic E-state index is 14.3. The molecule has 1 aromatic heterocycles. The summed E-state index contributed by atoms with van der Waals surface area (Å²) in [5.74, 6) is 0.467. The van der Waals surface area contributed by atoms with Crippen molar-refractivity contribution in [1.29, 1.82) is 0 Å². The van der Waals surface area contributed by atoms with Crippen molar-refractivity contribution in [3.8, 4) is 16.2 Å². The Balaban J connectivity index is 1.62. The summed E-state index contributed by atoms with van der Waals surface area (Å²) in [6, 6.07) is 14.7. The van der Waals surface area contributed by atoms with Crippen molar-refractivity contribution >= 4 is 11.3 Å². The summed E-state index contributed by atoms with van der Waals surface area (Å²) in [4.78, 5) is 2.27. The second kappa shape index (κ2) is 10.1. The lowest BCUT2D eigenvalue weighted by molar-refractivity contribution is -0.0981. The van der Waals surface area contributed by atoms with Crippen LogP contribution in [0.3, 0.4) is 0 Å². The number of ether oxygens (including phenoxy) is 2. The fourth-order valence-electron chi connectivity index (χ4n) is 4.17. The average Bonchev–Trinajstić information content (AvgIpc) is 3.24. The third kappa shape index (κ3) is 5.20. The molecule has 1 fully saturated rings. The van der Waals surface area contributed by atoms with Gasteiger partial charge in [-0.2, -0.15) is 0 Å². The molecule has 0 bridgehead atoms. The maximum Gasteiger partial charge on any atom is 0.125 e. The van der Waals surface area contributed by atoms with E-state index in [1.54, 1.807) is 23.5 Å². The Kier molecular flexibility index (Phi) is 7.23. The molecule has 2 heterocycles. The van der Waals surface area contributed by atoms with Gasteiger partial charge in [0.25, 0.3) is 0 Å². The minimum Gasteiger partial charge on any atom is -0.493 e. The highest BCUT2D eigenvalue weighted by atomic mass is 32.1. The predicted octanol–water partition coefficient (Wildman–Crippen LogP) is 6.40. The number of hydrogen-bond donors (Lipinski definition) is 1. The van der Waals surface area contributed by atoms with E-state index in [4.69, 9.17) is 9.47 Å². The number of thiophene rings is 1. The van der Waals surface area contributed by atoms with Gasteiger partial charge in [-0.1, -0.05) is 12.1 Å². The summed E-state index contributed by atoms with van der Waals surface area (Å²) >= 11 is 1.68. The van der Waals surface area contributed by atoms with Gasteiger partial charge >= 0.3 is 0 Å². The van der Waals surface area contributed by atoms with Crippen molar-refractivity contribution < 1.29 is 23.4 Å². The molecule has 1 N–H and O–H groups in total. The first-order chi connectivity index (χ1) is 15.5. The monoisotopic (exact) mass is 458 g/mol. The molecule has 3 nitrogen and oxygen atoms in total. The van der Waals surface area contributed by atoms with E-state index < -0.39 is 18.4 Å². The van der Waals surface area contributed by atoms with Gasteiger partial charge in [-0.15, -0.1) is 11.3 Å². The zero-order valence-electron chi connectivity index (χ0n) is 18.3. The Morgan fingerprint density at radius 3 is 2.62 bits per heavy atom. The second-order valence-electron chi connectivity index (χ2n) is 8.20. The van der Waals surface area contributed by atoms with Crippen LogP contribution in [0.4, 0.5) is 8.78 Å². The SMILES string of the molecule is CCOc1cc(C)c(Cc2ccc(-c3ccc(F)cc3)s2)cc1[C@H]1C[C@@H](F)C[C@@H](CO)O1. The van der Waals surface area contributed by atoms with Crippen molar-refractivity contribution in [1.82, 2.24) is 0 Å². The summed E-state index contributed by atoms with van der Waals surface area (Å²) in [6.45, 7) is 4.28. The highest BCUT2D eigenvalue weighted by molar-refractivity contribution is 7.15. The maximum absolute atomic E-state index is 14.3. The lowest BCUT2D eigenvalue weighted by Gasteiger charge is -2.32. The van der Waals surface area contributed by atoms with Crippen LogP contribution in [0.1, 0.15) is 47.4 Å². The first-order valence-corrected chi connectivity index (χ1v) is 11.8. The first kappa shape index (κ1) is 22.9. The summed E-state index contributed by atoms with van der Waals surface area (Å²) < 4.78 is 39.4. The van der Waals surface area contributed by atoms with Gasteiger partial charge in [0.2, 0.25) is 0 Å². The topological polar surface area (TPSA) is 38.7 Å². The van der Waals surface area contributed by atoms with Crippen molar-refractivity contribution in [3.05, 3.63) is 75.9 Å². The quantitative estimate of drug-likeness (QED) is 0.445. The molecule has 3 atom stereocenters. The molecule has 170 valence electrons. The number of halogens is 2. The van der Waals surface area contributed by atoms with E-state index in [-0.39, 0.29) is 25.3 Å². The van der Waals surface area contributed by atoms with Gasteiger partial charge in [0.05, 0.1) is 25.4 Å². The third-order valence-electron chi connectivity index (χ3n) is 5.82. The normalized spacial score (nSPS) is 21.0. The van der Waals surface area contributed by atoms with Gasteiger partial charge < -0.3 is 14.6 Å². The van der Waals surface area contributed by atoms with Crippen LogP contribution in [0.5, 0.6) is 5.75 Å². The molecule has 2 aromatic carbocycles. The standard InChI is InChI=1S/C26H28F2O3S/c1-3-30-24-10-16(2)18(12-23(24)25-14-20(28)13-21(15-29)31-25)11-22-8-9-26(32-22)17-4-6-19(27)7-5-17/h4-10,12,20-21,25,29H,3,11,13-15H2,1-2H3/t20-,21-,25+/m0/s1. The van der Waals surface area contributed by atoms with E-state index in [1.165, 1.54) is 17.0 Å². The number of alkyl halides is 1. The van der Waals surface area contributed by atoms with Crippen LogP contribution in [-0.2, 0) is 11.2 Å². The van der Waals surface area contributed by atoms with Crippen molar-refractivity contribution in [2.75, 3.05) is 13.2 Å². The number of hydrogen-bond acceptors (Lipinski definition) is 4. The van der Waals surface area contributed by atoms with Crippen molar-refractivity contribution in [2.45, 2.75) is 51.5 Å². The first-order valence-electron chi connectivity index (χ1n) is 11.0. The summed E-state index contributed by atoms with van der Waals surface area (Å²) in [7, 11) is 0. The molecular formula is C26H28F2O3S. The molecule has 1 saturated heterocycles. The fourth-order valence-corrected chi connectivity index (χ4v) is 5.21. The van der Waals surface area contributed by atoms with Gasteiger partial charge in [0, 0.05) is 34.6 Å². The second-order valence-corrected chi connectivity index (χ2v) is 9.37. The van der Waals surface area contributed by atoms with E-state index in [9.17, 15) is 13.9 Å². The molecule has 0 aliphatic carbocycles. The number of aliphatic hydroxyl groups excluding tert-OH is 1. The molecule has 32 heavy (non-hydrogen) atoms. The Morgan fingerprint density at radius 2 is 1.91 bits per heavy atom. The van der Waals surface area contributed by atoms with Crippen LogP contribution in [0.15, 0.2) is 48.5 Å². The smallest absolute Gasteiger partial charge is 0.125 e. The lowest BCUT2D eigenvalue weighted by Crippen LogP contribution is -2.32. The van der Waals surface area contributed by atoms with Gasteiger partial charge in [0.1, 0.15) is 17.7 Å². The van der Waals surface area contributed by atoms with Gasteiger partial charge in [-0.05, 0) is 66.9 Å². The highest BCUT2D eigenvalue weighted by Crippen LogP contribution is 2.39. The molecule has 6 heteroatoms. The van der Waals surface area contributed by atoms with E-state index in [1.807, 2.05) is 19.9 Å². The molecule has 0 amide bonds. The summed E-state index contributed by atoms with van der Waals surface area (Å²) in [5.41, 5.74) is 4.05. The largest absolute Gasteiger partial charge is 0.493 e. The van der Waals surface area contributed by atoms with Crippen LogP contribution < -0.4 is 4.74 Å². The highest BCUT2D eigenvalue weighted by Gasteiger charge is 2.32. The molecule has 4 rings (SSSR count). The molecule has 1 aliphatic heterocycles. The Labute approximate surface area is 191 Å². The van der Waals surface area contributed by atoms with E-state index in [2.05, 4.69) is 18.2 Å². The number of rotatable bonds is 7. The molecule has 0 spiro atoms. The zero-order chi connectivity index (χ0) is 22.7. The van der Waals surface area contributed by atoms with Crippen molar-refractivity contribution in [2.24, 2.45) is 0 Å². The van der Waals surface area contributed by atoms with E-state index in [0.717, 1.165) is 33.6 Å². The van der Waals surface area contributed by atoms with E-state index >= 15 is 0 Å². The Hall–Kier alpha value is -2.28. The molecule has 3 aromatic rings. The number of benzene rings is 2. The van der Waals surface area contributed by atoms with E-state index in [0.29, 0.717) is 12.4 Å². The average molecular weight is 459 g/mol. The molecular weight excluding hydrogens is 430 g/mol. The van der Waals surface area contributed by atoms with Crippen molar-refractivity contribution in [3.63, 3.8) is 0 Å². The van der Waals surface area contributed by atoms with Crippen LogP contribution in [0.2, 0.25) is 0 Å². The Morgan fingerprint density at radius 1 is 1.12 bits per heavy atom. The fraction of sp³-hybridized carbons (Fsp3) is 0.385. The summed E-state index contributed by atoms with van der Waals surface area (Å²) in [6.07, 6.45) is -0.759. The minimum atomic E-state index is -1.01. The minimum absolute atomic E-state index is 0.193. The molecule has 0 saturated carbocycles. The third-order valence-corrected chi connectivity index (χ3v) is 6.95. The molecule has 0 unspecified atom stereocenters. The van der Waals surface area contributed by atoms with Gasteiger partial charge in [-0.25, -0.2) is 8.78 Å². The molecule has 1 aliphatic rings. The van der Waals surface area contributed by atoms with Gasteiger partial charge in [-0.3, -0.25) is 0 Å². The lowest BCUT2D eigenvalue weighted by atomic mass is 9.92. The van der Waals surface area contributed by atoms with Crippen LogP contribution >= 0.6 is 11.3 Å². The predicted molar refractivity (Wildman–Crippen MR) is 124 cm³/mol. The van der Waals surface area contributed by atoms with Crippen LogP contribution in [-0.4, -0.2) is 30.6 Å². The van der Waals surface area contributed by atoms with Crippen LogP contribution in [0.25, 0.3) is 10.4 Å². The Bertz CT molecular complexity index is 1050. The summed E-state index contributed by atoms with van der Waals surface area (Å²) in [5, 5.41) is 9.51.